The molecule has 1 saturated heterocycles. The van der Waals surface area contributed by atoms with Crippen LogP contribution in [0, 0.1) is 5.92 Å². The highest BCUT2D eigenvalue weighted by Crippen LogP contribution is 2.27. The normalized spacial score (nSPS) is 16.7. The summed E-state index contributed by atoms with van der Waals surface area (Å²) in [7, 11) is 0. The van der Waals surface area contributed by atoms with Crippen LogP contribution in [0.4, 0.5) is 5.69 Å². The molecule has 1 aliphatic rings. The molecule has 0 aromatic heterocycles. The van der Waals surface area contributed by atoms with Crippen molar-refractivity contribution in [3.8, 4) is 0 Å². The molecule has 0 N–H and O–H groups in total. The van der Waals surface area contributed by atoms with Crippen molar-refractivity contribution in [2.45, 2.75) is 45.8 Å². The number of esters is 2. The number of anilines is 1. The predicted molar refractivity (Wildman–Crippen MR) is 118 cm³/mol. The van der Waals surface area contributed by atoms with Crippen molar-refractivity contribution >= 4 is 29.3 Å². The van der Waals surface area contributed by atoms with E-state index in [2.05, 4.69) is 0 Å². The Kier molecular flexibility index (Phi) is 7.41. The maximum Gasteiger partial charge on any atom is 0.338 e. The minimum Gasteiger partial charge on any atom is -0.459 e. The van der Waals surface area contributed by atoms with Crippen molar-refractivity contribution in [3.05, 3.63) is 65.7 Å². The maximum atomic E-state index is 12.7. The molecule has 0 spiro atoms. The molecule has 1 heterocycles. The van der Waals surface area contributed by atoms with Gasteiger partial charge in [-0.05, 0) is 44.5 Å². The molecule has 3 rings (SSSR count). The summed E-state index contributed by atoms with van der Waals surface area (Å²) in [5, 5.41) is 0. The van der Waals surface area contributed by atoms with E-state index in [1.807, 2.05) is 6.07 Å². The molecule has 1 fully saturated rings. The fourth-order valence-corrected chi connectivity index (χ4v) is 3.52. The standard InChI is InChI=1S/C25H27NO6/c1-4-21(23(28)17-8-6-5-7-9-17)32-25(30)19-14-22(27)26(15-19)20-12-10-18(11-13-20)24(29)31-16(2)3/h5-13,16,19,21H,4,14-15H2,1-3H3. The smallest absolute Gasteiger partial charge is 0.338 e. The molecule has 0 bridgehead atoms. The molecule has 2 aromatic rings. The fourth-order valence-electron chi connectivity index (χ4n) is 3.52. The molecule has 7 nitrogen and oxygen atoms in total. The third kappa shape index (κ3) is 5.41. The van der Waals surface area contributed by atoms with Gasteiger partial charge < -0.3 is 14.4 Å². The van der Waals surface area contributed by atoms with E-state index in [4.69, 9.17) is 9.47 Å². The second kappa shape index (κ2) is 10.2. The number of ether oxygens (including phenoxy) is 2. The summed E-state index contributed by atoms with van der Waals surface area (Å²) in [5.74, 6) is -2.13. The Morgan fingerprint density at radius 3 is 2.22 bits per heavy atom. The number of nitrogens with zero attached hydrogens (tertiary/aromatic N) is 1. The zero-order valence-corrected chi connectivity index (χ0v) is 18.4. The molecule has 1 aliphatic heterocycles. The third-order valence-electron chi connectivity index (χ3n) is 5.20. The maximum absolute atomic E-state index is 12.7. The molecule has 168 valence electrons. The van der Waals surface area contributed by atoms with Gasteiger partial charge in [0.05, 0.1) is 17.6 Å². The second-order valence-corrected chi connectivity index (χ2v) is 7.97. The first kappa shape index (κ1) is 23.2. The van der Waals surface area contributed by atoms with Gasteiger partial charge in [0, 0.05) is 24.2 Å². The molecule has 32 heavy (non-hydrogen) atoms. The SMILES string of the molecule is CCC(OC(=O)C1CC(=O)N(c2ccc(C(=O)OC(C)C)cc2)C1)C(=O)c1ccccc1. The molecule has 0 radical (unpaired) electrons. The topological polar surface area (TPSA) is 90.0 Å². The van der Waals surface area contributed by atoms with Crippen LogP contribution in [0.3, 0.4) is 0 Å². The average molecular weight is 437 g/mol. The Hall–Kier alpha value is -3.48. The highest BCUT2D eigenvalue weighted by atomic mass is 16.5. The van der Waals surface area contributed by atoms with Crippen molar-refractivity contribution in [1.82, 2.24) is 0 Å². The van der Waals surface area contributed by atoms with E-state index in [0.717, 1.165) is 0 Å². The first-order chi connectivity index (χ1) is 15.3. The lowest BCUT2D eigenvalue weighted by Gasteiger charge is -2.19. The lowest BCUT2D eigenvalue weighted by molar-refractivity contribution is -0.151. The Balaban J connectivity index is 1.64. The molecular weight excluding hydrogens is 410 g/mol. The Labute approximate surface area is 187 Å². The third-order valence-corrected chi connectivity index (χ3v) is 5.20. The van der Waals surface area contributed by atoms with Crippen LogP contribution in [0.2, 0.25) is 0 Å². The summed E-state index contributed by atoms with van der Waals surface area (Å²) in [4.78, 5) is 51.3. The van der Waals surface area contributed by atoms with E-state index in [9.17, 15) is 19.2 Å². The van der Waals surface area contributed by atoms with Gasteiger partial charge in [0.2, 0.25) is 11.7 Å². The molecular formula is C25H27NO6. The van der Waals surface area contributed by atoms with Crippen LogP contribution >= 0.6 is 0 Å². The first-order valence-corrected chi connectivity index (χ1v) is 10.7. The molecule has 2 aromatic carbocycles. The van der Waals surface area contributed by atoms with Gasteiger partial charge in [-0.2, -0.15) is 0 Å². The largest absolute Gasteiger partial charge is 0.459 e. The van der Waals surface area contributed by atoms with Crippen LogP contribution in [0.5, 0.6) is 0 Å². The molecule has 2 unspecified atom stereocenters. The van der Waals surface area contributed by atoms with Crippen LogP contribution in [-0.4, -0.2) is 42.4 Å². The fraction of sp³-hybridized carbons (Fsp3) is 0.360. The van der Waals surface area contributed by atoms with E-state index in [0.29, 0.717) is 23.2 Å². The number of carbonyl (C=O) groups is 4. The quantitative estimate of drug-likeness (QED) is 0.461. The zero-order chi connectivity index (χ0) is 23.3. The molecule has 2 atom stereocenters. The van der Waals surface area contributed by atoms with E-state index >= 15 is 0 Å². The Morgan fingerprint density at radius 1 is 0.969 bits per heavy atom. The first-order valence-electron chi connectivity index (χ1n) is 10.7. The number of hydrogen-bond donors (Lipinski definition) is 0. The molecule has 1 amide bonds. The van der Waals surface area contributed by atoms with Crippen molar-refractivity contribution in [1.29, 1.82) is 0 Å². The van der Waals surface area contributed by atoms with Crippen LogP contribution in [0.15, 0.2) is 54.6 Å². The van der Waals surface area contributed by atoms with Gasteiger partial charge >= 0.3 is 11.9 Å². The van der Waals surface area contributed by atoms with Gasteiger partial charge in [-0.25, -0.2) is 4.79 Å². The summed E-state index contributed by atoms with van der Waals surface area (Å²) in [5.41, 5.74) is 1.45. The highest BCUT2D eigenvalue weighted by molar-refractivity contribution is 6.02. The van der Waals surface area contributed by atoms with Crippen LogP contribution < -0.4 is 4.90 Å². The number of carbonyl (C=O) groups excluding carboxylic acids is 4. The van der Waals surface area contributed by atoms with Crippen molar-refractivity contribution in [3.63, 3.8) is 0 Å². The van der Waals surface area contributed by atoms with E-state index in [1.165, 1.54) is 4.90 Å². The number of Topliss-reactive ketones (excluding diaryl/α,β-unsaturated/α-hetero) is 1. The number of ketones is 1. The van der Waals surface area contributed by atoms with Gasteiger partial charge in [-0.3, -0.25) is 14.4 Å². The lowest BCUT2D eigenvalue weighted by atomic mass is 10.0. The van der Waals surface area contributed by atoms with E-state index < -0.39 is 24.0 Å². The lowest BCUT2D eigenvalue weighted by Crippen LogP contribution is -2.31. The van der Waals surface area contributed by atoms with Crippen LogP contribution in [-0.2, 0) is 19.1 Å². The van der Waals surface area contributed by atoms with Gasteiger partial charge in [0.15, 0.2) is 6.10 Å². The van der Waals surface area contributed by atoms with Crippen LogP contribution in [0.1, 0.15) is 54.3 Å². The minimum absolute atomic E-state index is 0.00589. The number of benzene rings is 2. The summed E-state index contributed by atoms with van der Waals surface area (Å²) in [6.45, 7) is 5.47. The number of amides is 1. The van der Waals surface area contributed by atoms with Gasteiger partial charge in [-0.1, -0.05) is 37.3 Å². The van der Waals surface area contributed by atoms with E-state index in [-0.39, 0.29) is 30.8 Å². The summed E-state index contributed by atoms with van der Waals surface area (Å²) in [6.07, 6.45) is -0.765. The second-order valence-electron chi connectivity index (χ2n) is 7.97. The van der Waals surface area contributed by atoms with Gasteiger partial charge in [-0.15, -0.1) is 0 Å². The summed E-state index contributed by atoms with van der Waals surface area (Å²) < 4.78 is 10.7. The van der Waals surface area contributed by atoms with Crippen LogP contribution in [0.25, 0.3) is 0 Å². The zero-order valence-electron chi connectivity index (χ0n) is 18.4. The Morgan fingerprint density at radius 2 is 1.62 bits per heavy atom. The van der Waals surface area contributed by atoms with Gasteiger partial charge in [0.1, 0.15) is 0 Å². The number of hydrogen-bond acceptors (Lipinski definition) is 6. The number of rotatable bonds is 8. The highest BCUT2D eigenvalue weighted by Gasteiger charge is 2.37. The summed E-state index contributed by atoms with van der Waals surface area (Å²) in [6, 6.07) is 15.1. The predicted octanol–water partition coefficient (Wildman–Crippen LogP) is 3.81. The average Bonchev–Trinajstić information content (AvgIpc) is 3.18. The Bertz CT molecular complexity index is 983. The van der Waals surface area contributed by atoms with Crippen molar-refractivity contribution < 1.29 is 28.7 Å². The summed E-state index contributed by atoms with van der Waals surface area (Å²) >= 11 is 0. The van der Waals surface area contributed by atoms with Crippen molar-refractivity contribution in [2.75, 3.05) is 11.4 Å². The molecule has 0 aliphatic carbocycles. The molecule has 7 heteroatoms. The van der Waals surface area contributed by atoms with Gasteiger partial charge in [0.25, 0.3) is 0 Å². The minimum atomic E-state index is -0.889. The monoisotopic (exact) mass is 437 g/mol. The van der Waals surface area contributed by atoms with Crippen molar-refractivity contribution in [2.24, 2.45) is 5.92 Å². The molecule has 0 saturated carbocycles. The van der Waals surface area contributed by atoms with E-state index in [1.54, 1.807) is 69.3 Å².